The first-order chi connectivity index (χ1) is 13.1. The first-order valence-corrected chi connectivity index (χ1v) is 9.34. The van der Waals surface area contributed by atoms with Crippen molar-refractivity contribution in [2.24, 2.45) is 5.92 Å². The van der Waals surface area contributed by atoms with Gasteiger partial charge in [0.1, 0.15) is 17.2 Å². The Bertz CT molecular complexity index is 757. The molecule has 0 saturated heterocycles. The molecule has 5 nitrogen and oxygen atoms in total. The van der Waals surface area contributed by atoms with Crippen LogP contribution < -0.4 is 14.2 Å². The van der Waals surface area contributed by atoms with E-state index in [1.54, 1.807) is 19.2 Å². The quantitative estimate of drug-likeness (QED) is 0.749. The molecule has 0 aliphatic carbocycles. The number of amides is 1. The van der Waals surface area contributed by atoms with E-state index in [0.717, 1.165) is 17.9 Å². The molecule has 27 heavy (non-hydrogen) atoms. The molecule has 1 aliphatic rings. The van der Waals surface area contributed by atoms with E-state index in [4.69, 9.17) is 14.2 Å². The van der Waals surface area contributed by atoms with Gasteiger partial charge in [0, 0.05) is 18.5 Å². The van der Waals surface area contributed by atoms with Crippen LogP contribution in [0.25, 0.3) is 0 Å². The van der Waals surface area contributed by atoms with Crippen LogP contribution in [0.15, 0.2) is 48.5 Å². The summed E-state index contributed by atoms with van der Waals surface area (Å²) in [6.45, 7) is 5.38. The standard InChI is InChI=1S/C22H27NO4/c1-16(2)23(13-17-12-18-6-4-5-7-21(18)27-14-17)22(24)15-26-20-10-8-19(25-3)9-11-20/h4-11,16-17H,12-15H2,1-3H3. The molecular formula is C22H27NO4. The van der Waals surface area contributed by atoms with Crippen molar-refractivity contribution < 1.29 is 19.0 Å². The van der Waals surface area contributed by atoms with E-state index in [-0.39, 0.29) is 24.5 Å². The van der Waals surface area contributed by atoms with Crippen LogP contribution in [-0.2, 0) is 11.2 Å². The summed E-state index contributed by atoms with van der Waals surface area (Å²) in [7, 11) is 1.62. The maximum absolute atomic E-state index is 12.7. The smallest absolute Gasteiger partial charge is 0.260 e. The summed E-state index contributed by atoms with van der Waals surface area (Å²) >= 11 is 0. The number of nitrogens with zero attached hydrogens (tertiary/aromatic N) is 1. The molecule has 1 heterocycles. The summed E-state index contributed by atoms with van der Waals surface area (Å²) in [5.41, 5.74) is 1.21. The molecule has 0 spiro atoms. The van der Waals surface area contributed by atoms with Crippen molar-refractivity contribution in [3.05, 3.63) is 54.1 Å². The zero-order valence-corrected chi connectivity index (χ0v) is 16.2. The molecule has 3 rings (SSSR count). The molecule has 0 saturated carbocycles. The lowest BCUT2D eigenvalue weighted by Crippen LogP contribution is -2.45. The maximum atomic E-state index is 12.7. The van der Waals surface area contributed by atoms with Crippen LogP contribution in [0.4, 0.5) is 0 Å². The zero-order chi connectivity index (χ0) is 19.2. The number of hydrogen-bond acceptors (Lipinski definition) is 4. The molecule has 0 fully saturated rings. The van der Waals surface area contributed by atoms with Gasteiger partial charge in [0.25, 0.3) is 5.91 Å². The Morgan fingerprint density at radius 1 is 1.15 bits per heavy atom. The second-order valence-corrected chi connectivity index (χ2v) is 7.09. The number of methoxy groups -OCH3 is 1. The van der Waals surface area contributed by atoms with Crippen molar-refractivity contribution in [2.75, 3.05) is 26.9 Å². The van der Waals surface area contributed by atoms with Crippen LogP contribution in [0.3, 0.4) is 0 Å². The summed E-state index contributed by atoms with van der Waals surface area (Å²) in [5, 5.41) is 0. The van der Waals surface area contributed by atoms with Crippen molar-refractivity contribution in [1.82, 2.24) is 4.90 Å². The zero-order valence-electron chi connectivity index (χ0n) is 16.2. The van der Waals surface area contributed by atoms with Crippen molar-refractivity contribution in [2.45, 2.75) is 26.3 Å². The van der Waals surface area contributed by atoms with Crippen molar-refractivity contribution in [1.29, 1.82) is 0 Å². The summed E-state index contributed by atoms with van der Waals surface area (Å²) in [5.74, 6) is 2.64. The molecule has 2 aromatic carbocycles. The Balaban J connectivity index is 1.57. The van der Waals surface area contributed by atoms with Gasteiger partial charge >= 0.3 is 0 Å². The highest BCUT2D eigenvalue weighted by Gasteiger charge is 2.26. The van der Waals surface area contributed by atoms with Crippen molar-refractivity contribution in [3.63, 3.8) is 0 Å². The van der Waals surface area contributed by atoms with Gasteiger partial charge in [0.05, 0.1) is 13.7 Å². The topological polar surface area (TPSA) is 48.0 Å². The molecule has 5 heteroatoms. The molecular weight excluding hydrogens is 342 g/mol. The number of benzene rings is 2. The third-order valence-corrected chi connectivity index (χ3v) is 4.78. The highest BCUT2D eigenvalue weighted by atomic mass is 16.5. The minimum Gasteiger partial charge on any atom is -0.497 e. The first kappa shape index (κ1) is 19.1. The third kappa shape index (κ3) is 4.94. The van der Waals surface area contributed by atoms with Crippen LogP contribution in [0.5, 0.6) is 17.2 Å². The molecule has 1 aliphatic heterocycles. The van der Waals surface area contributed by atoms with E-state index < -0.39 is 0 Å². The first-order valence-electron chi connectivity index (χ1n) is 9.34. The van der Waals surface area contributed by atoms with Gasteiger partial charge in [-0.1, -0.05) is 18.2 Å². The van der Waals surface area contributed by atoms with Gasteiger partial charge in [-0.3, -0.25) is 4.79 Å². The lowest BCUT2D eigenvalue weighted by molar-refractivity contribution is -0.136. The molecule has 1 unspecified atom stereocenters. The van der Waals surface area contributed by atoms with Gasteiger partial charge in [-0.15, -0.1) is 0 Å². The fourth-order valence-electron chi connectivity index (χ4n) is 3.29. The molecule has 144 valence electrons. The summed E-state index contributed by atoms with van der Waals surface area (Å²) in [4.78, 5) is 14.6. The molecule has 0 bridgehead atoms. The van der Waals surface area contributed by atoms with Crippen LogP contribution in [-0.4, -0.2) is 43.7 Å². The minimum atomic E-state index is -0.0142. The number of ether oxygens (including phenoxy) is 3. The predicted octanol–water partition coefficient (Wildman–Crippen LogP) is 3.56. The highest BCUT2D eigenvalue weighted by Crippen LogP contribution is 2.27. The van der Waals surface area contributed by atoms with Crippen molar-refractivity contribution >= 4 is 5.91 Å². The van der Waals surface area contributed by atoms with Gasteiger partial charge in [-0.05, 0) is 56.2 Å². The molecule has 0 aromatic heterocycles. The number of para-hydroxylation sites is 1. The Kier molecular flexibility index (Phi) is 6.22. The second kappa shape index (κ2) is 8.80. The average molecular weight is 369 g/mol. The van der Waals surface area contributed by atoms with E-state index >= 15 is 0 Å². The summed E-state index contributed by atoms with van der Waals surface area (Å²) < 4.78 is 16.7. The SMILES string of the molecule is COc1ccc(OCC(=O)N(CC2COc3ccccc3C2)C(C)C)cc1. The van der Waals surface area contributed by atoms with Gasteiger partial charge in [0.15, 0.2) is 6.61 Å². The molecule has 1 amide bonds. The van der Waals surface area contributed by atoms with Crippen molar-refractivity contribution in [3.8, 4) is 17.2 Å². The Labute approximate surface area is 160 Å². The van der Waals surface area contributed by atoms with Crippen LogP contribution in [0.2, 0.25) is 0 Å². The third-order valence-electron chi connectivity index (χ3n) is 4.78. The maximum Gasteiger partial charge on any atom is 0.260 e. The largest absolute Gasteiger partial charge is 0.497 e. The monoisotopic (exact) mass is 369 g/mol. The normalized spacial score (nSPS) is 15.6. The highest BCUT2D eigenvalue weighted by molar-refractivity contribution is 5.78. The van der Waals surface area contributed by atoms with Gasteiger partial charge in [0.2, 0.25) is 0 Å². The lowest BCUT2D eigenvalue weighted by atomic mass is 9.96. The Morgan fingerprint density at radius 3 is 2.56 bits per heavy atom. The number of fused-ring (bicyclic) bond motifs is 1. The number of hydrogen-bond donors (Lipinski definition) is 0. The van der Waals surface area contributed by atoms with Crippen LogP contribution in [0.1, 0.15) is 19.4 Å². The molecule has 2 aromatic rings. The predicted molar refractivity (Wildman–Crippen MR) is 104 cm³/mol. The van der Waals surface area contributed by atoms with E-state index in [9.17, 15) is 4.79 Å². The van der Waals surface area contributed by atoms with Gasteiger partial charge in [-0.25, -0.2) is 0 Å². The number of carbonyl (C=O) groups is 1. The fraction of sp³-hybridized carbons (Fsp3) is 0.409. The molecule has 0 radical (unpaired) electrons. The number of carbonyl (C=O) groups excluding carboxylic acids is 1. The Morgan fingerprint density at radius 2 is 1.85 bits per heavy atom. The van der Waals surface area contributed by atoms with Gasteiger partial charge in [-0.2, -0.15) is 0 Å². The Hall–Kier alpha value is -2.69. The van der Waals surface area contributed by atoms with Crippen LogP contribution in [0, 0.1) is 5.92 Å². The average Bonchev–Trinajstić information content (AvgIpc) is 2.70. The minimum absolute atomic E-state index is 0.0142. The second-order valence-electron chi connectivity index (χ2n) is 7.09. The molecule has 0 N–H and O–H groups in total. The lowest BCUT2D eigenvalue weighted by Gasteiger charge is -2.33. The summed E-state index contributed by atoms with van der Waals surface area (Å²) in [6.07, 6.45) is 0.923. The van der Waals surface area contributed by atoms with E-state index in [1.807, 2.05) is 49.1 Å². The fourth-order valence-corrected chi connectivity index (χ4v) is 3.29. The number of rotatable bonds is 7. The van der Waals surface area contributed by atoms with Gasteiger partial charge < -0.3 is 19.1 Å². The van der Waals surface area contributed by atoms with E-state index in [0.29, 0.717) is 18.9 Å². The van der Waals surface area contributed by atoms with Crippen LogP contribution >= 0.6 is 0 Å². The van der Waals surface area contributed by atoms with E-state index in [1.165, 1.54) is 5.56 Å². The summed E-state index contributed by atoms with van der Waals surface area (Å²) in [6, 6.07) is 15.4. The molecule has 1 atom stereocenters. The van der Waals surface area contributed by atoms with E-state index in [2.05, 4.69) is 6.07 Å².